The van der Waals surface area contributed by atoms with Crippen molar-refractivity contribution in [3.63, 3.8) is 0 Å². The van der Waals surface area contributed by atoms with Gasteiger partial charge in [0.25, 0.3) is 0 Å². The molecule has 0 fully saturated rings. The summed E-state index contributed by atoms with van der Waals surface area (Å²) >= 11 is 0. The lowest BCUT2D eigenvalue weighted by molar-refractivity contribution is 0.0202. The minimum atomic E-state index is 0. The maximum absolute atomic E-state index is 5.61. The number of nitrogens with zero attached hydrogens (tertiary/aromatic N) is 3. The normalized spacial score (nSPS) is 13.0. The Morgan fingerprint density at radius 2 is 1.96 bits per heavy atom. The van der Waals surface area contributed by atoms with E-state index in [1.54, 1.807) is 14.2 Å². The summed E-state index contributed by atoms with van der Waals surface area (Å²) in [5.74, 6) is 1.71. The highest BCUT2D eigenvalue weighted by molar-refractivity contribution is 14.0. The van der Waals surface area contributed by atoms with Crippen molar-refractivity contribution in [1.82, 2.24) is 20.2 Å². The van der Waals surface area contributed by atoms with Crippen molar-refractivity contribution < 1.29 is 4.74 Å². The molecule has 2 aromatic rings. The fraction of sp³-hybridized carbons (Fsp3) is 0.500. The lowest BCUT2D eigenvalue weighted by Crippen LogP contribution is -2.45. The van der Waals surface area contributed by atoms with Crippen LogP contribution in [0.25, 0.3) is 11.3 Å². The van der Waals surface area contributed by atoms with Crippen molar-refractivity contribution in [3.8, 4) is 11.3 Å². The Hall–Kier alpha value is -1.61. The summed E-state index contributed by atoms with van der Waals surface area (Å²) in [5, 5.41) is 3.39. The number of hydrogen-bond donors (Lipinski definition) is 2. The van der Waals surface area contributed by atoms with Gasteiger partial charge in [0.1, 0.15) is 5.82 Å². The maximum atomic E-state index is 5.61. The van der Waals surface area contributed by atoms with Crippen LogP contribution in [0.1, 0.15) is 26.6 Å². The molecule has 27 heavy (non-hydrogen) atoms. The van der Waals surface area contributed by atoms with Crippen LogP contribution in [-0.4, -0.2) is 54.7 Å². The first-order valence-corrected chi connectivity index (χ1v) is 8.89. The second kappa shape index (κ2) is 10.7. The van der Waals surface area contributed by atoms with Gasteiger partial charge in [-0.2, -0.15) is 0 Å². The summed E-state index contributed by atoms with van der Waals surface area (Å²) in [7, 11) is 5.53. The van der Waals surface area contributed by atoms with Gasteiger partial charge in [0.15, 0.2) is 5.96 Å². The molecular formula is C20H32IN5O. The van der Waals surface area contributed by atoms with Crippen LogP contribution in [0.2, 0.25) is 0 Å². The van der Waals surface area contributed by atoms with Gasteiger partial charge in [-0.3, -0.25) is 4.99 Å². The molecule has 0 saturated carbocycles. The second-order valence-electron chi connectivity index (χ2n) is 7.48. The third-order valence-electron chi connectivity index (χ3n) is 4.37. The molecule has 0 aliphatic rings. The number of H-pyrrole nitrogens is 1. The van der Waals surface area contributed by atoms with Crippen LogP contribution in [0.4, 0.5) is 0 Å². The van der Waals surface area contributed by atoms with Gasteiger partial charge in [-0.25, -0.2) is 4.98 Å². The summed E-state index contributed by atoms with van der Waals surface area (Å²) in [6.07, 6.45) is 1.97. The number of rotatable bonds is 6. The average Bonchev–Trinajstić information content (AvgIpc) is 3.07. The van der Waals surface area contributed by atoms with E-state index in [1.807, 2.05) is 36.3 Å². The van der Waals surface area contributed by atoms with Crippen LogP contribution >= 0.6 is 24.0 Å². The van der Waals surface area contributed by atoms with Gasteiger partial charge < -0.3 is 19.9 Å². The average molecular weight is 485 g/mol. The number of methoxy groups -OCH3 is 1. The van der Waals surface area contributed by atoms with Gasteiger partial charge in [0, 0.05) is 27.7 Å². The van der Waals surface area contributed by atoms with E-state index in [0.717, 1.165) is 23.0 Å². The Balaban J connectivity index is 0.00000364. The van der Waals surface area contributed by atoms with E-state index in [1.165, 1.54) is 0 Å². The van der Waals surface area contributed by atoms with Crippen LogP contribution in [0.5, 0.6) is 0 Å². The summed E-state index contributed by atoms with van der Waals surface area (Å²) in [5.41, 5.74) is 2.21. The quantitative estimate of drug-likeness (QED) is 0.372. The number of hydrogen-bond acceptors (Lipinski definition) is 3. The lowest BCUT2D eigenvalue weighted by Gasteiger charge is -2.31. The zero-order valence-corrected chi connectivity index (χ0v) is 19.4. The van der Waals surface area contributed by atoms with Crippen LogP contribution in [0, 0.1) is 5.41 Å². The molecule has 2 N–H and O–H groups in total. The number of aliphatic imine (C=N–C) groups is 1. The van der Waals surface area contributed by atoms with Crippen molar-refractivity contribution in [2.24, 2.45) is 10.4 Å². The van der Waals surface area contributed by atoms with E-state index in [2.05, 4.69) is 53.2 Å². The van der Waals surface area contributed by atoms with Crippen molar-refractivity contribution in [3.05, 3.63) is 42.4 Å². The number of aromatic amines is 1. The SMILES string of the molecule is CN=C(NCC(OC)C(C)(C)C)N(C)Cc1ncc(-c2ccccc2)[nH]1.I. The van der Waals surface area contributed by atoms with E-state index in [0.29, 0.717) is 13.1 Å². The Morgan fingerprint density at radius 1 is 1.30 bits per heavy atom. The van der Waals surface area contributed by atoms with Gasteiger partial charge in [0.05, 0.1) is 24.5 Å². The molecule has 0 amide bonds. The summed E-state index contributed by atoms with van der Waals surface area (Å²) in [6, 6.07) is 10.2. The minimum Gasteiger partial charge on any atom is -0.379 e. The smallest absolute Gasteiger partial charge is 0.193 e. The van der Waals surface area contributed by atoms with Crippen LogP contribution in [0.3, 0.4) is 0 Å². The molecule has 1 unspecified atom stereocenters. The fourth-order valence-corrected chi connectivity index (χ4v) is 2.82. The number of ether oxygens (including phenoxy) is 1. The summed E-state index contributed by atoms with van der Waals surface area (Å²) in [6.45, 7) is 7.85. The maximum Gasteiger partial charge on any atom is 0.193 e. The van der Waals surface area contributed by atoms with E-state index in [9.17, 15) is 0 Å². The lowest BCUT2D eigenvalue weighted by atomic mass is 9.89. The molecule has 2 rings (SSSR count). The molecule has 0 spiro atoms. The monoisotopic (exact) mass is 485 g/mol. The molecule has 6 nitrogen and oxygen atoms in total. The van der Waals surface area contributed by atoms with Gasteiger partial charge in [0.2, 0.25) is 0 Å². The number of nitrogens with one attached hydrogen (secondary N) is 2. The van der Waals surface area contributed by atoms with Gasteiger partial charge in [-0.15, -0.1) is 24.0 Å². The second-order valence-corrected chi connectivity index (χ2v) is 7.48. The first-order valence-electron chi connectivity index (χ1n) is 8.89. The summed E-state index contributed by atoms with van der Waals surface area (Å²) < 4.78 is 5.61. The molecule has 0 aliphatic carbocycles. The van der Waals surface area contributed by atoms with E-state index >= 15 is 0 Å². The Kier molecular flexibility index (Phi) is 9.25. The number of halogens is 1. The molecule has 1 aromatic carbocycles. The Bertz CT molecular complexity index is 709. The minimum absolute atomic E-state index is 0. The molecule has 1 heterocycles. The molecule has 0 saturated heterocycles. The van der Waals surface area contributed by atoms with Crippen LogP contribution < -0.4 is 5.32 Å². The van der Waals surface area contributed by atoms with Crippen LogP contribution in [0.15, 0.2) is 41.5 Å². The standard InChI is InChI=1S/C20H31N5O.HI/c1-20(2,3)17(26-6)13-23-19(21-4)25(5)14-18-22-12-16(24-18)15-10-8-7-9-11-15;/h7-12,17H,13-14H2,1-6H3,(H,21,23)(H,22,24);1H. The Morgan fingerprint density at radius 3 is 2.52 bits per heavy atom. The van der Waals surface area contributed by atoms with Crippen molar-refractivity contribution in [2.75, 3.05) is 27.7 Å². The van der Waals surface area contributed by atoms with E-state index < -0.39 is 0 Å². The zero-order valence-electron chi connectivity index (χ0n) is 17.1. The largest absolute Gasteiger partial charge is 0.379 e. The topological polar surface area (TPSA) is 65.5 Å². The third-order valence-corrected chi connectivity index (χ3v) is 4.37. The van der Waals surface area contributed by atoms with Crippen molar-refractivity contribution >= 4 is 29.9 Å². The van der Waals surface area contributed by atoms with Gasteiger partial charge in [-0.05, 0) is 11.0 Å². The molecule has 7 heteroatoms. The number of benzene rings is 1. The molecule has 0 aliphatic heterocycles. The van der Waals surface area contributed by atoms with E-state index in [4.69, 9.17) is 4.74 Å². The van der Waals surface area contributed by atoms with Crippen LogP contribution in [-0.2, 0) is 11.3 Å². The molecule has 1 atom stereocenters. The molecule has 150 valence electrons. The Labute approximate surface area is 179 Å². The van der Waals surface area contributed by atoms with E-state index in [-0.39, 0.29) is 35.5 Å². The zero-order chi connectivity index (χ0) is 19.2. The first kappa shape index (κ1) is 23.4. The number of aromatic nitrogens is 2. The summed E-state index contributed by atoms with van der Waals surface area (Å²) in [4.78, 5) is 14.3. The predicted octanol–water partition coefficient (Wildman–Crippen LogP) is 3.76. The molecule has 0 radical (unpaired) electrons. The molecule has 1 aromatic heterocycles. The molecular weight excluding hydrogens is 453 g/mol. The van der Waals surface area contributed by atoms with Gasteiger partial charge in [-0.1, -0.05) is 51.1 Å². The highest BCUT2D eigenvalue weighted by Gasteiger charge is 2.24. The first-order chi connectivity index (χ1) is 12.3. The van der Waals surface area contributed by atoms with Crippen molar-refractivity contribution in [1.29, 1.82) is 0 Å². The predicted molar refractivity (Wildman–Crippen MR) is 123 cm³/mol. The van der Waals surface area contributed by atoms with Crippen molar-refractivity contribution in [2.45, 2.75) is 33.4 Å². The number of imidazole rings is 1. The number of guanidine groups is 1. The highest BCUT2D eigenvalue weighted by Crippen LogP contribution is 2.21. The fourth-order valence-electron chi connectivity index (χ4n) is 2.82. The third kappa shape index (κ3) is 6.80. The van der Waals surface area contributed by atoms with Gasteiger partial charge >= 0.3 is 0 Å². The highest BCUT2D eigenvalue weighted by atomic mass is 127. The molecule has 0 bridgehead atoms.